The molecule has 0 bridgehead atoms. The largest absolute Gasteiger partial charge is 0.454 e. The number of benzene rings is 1. The van der Waals surface area contributed by atoms with Gasteiger partial charge in [-0.2, -0.15) is 0 Å². The first-order valence-corrected chi connectivity index (χ1v) is 8.78. The van der Waals surface area contributed by atoms with Gasteiger partial charge in [0.1, 0.15) is 0 Å². The molecule has 0 saturated carbocycles. The molecule has 2 aliphatic rings. The number of hydrogen-bond donors (Lipinski definition) is 2. The Bertz CT molecular complexity index is 553. The molecule has 5 nitrogen and oxygen atoms in total. The number of piperidine rings is 1. The summed E-state index contributed by atoms with van der Waals surface area (Å²) in [5, 5.41) is 7.11. The van der Waals surface area contributed by atoms with Crippen molar-refractivity contribution in [1.82, 2.24) is 10.2 Å². The molecule has 6 heteroatoms. The third kappa shape index (κ3) is 4.72. The van der Waals surface area contributed by atoms with E-state index in [2.05, 4.69) is 22.5 Å². The van der Waals surface area contributed by atoms with E-state index in [1.807, 2.05) is 18.2 Å². The fourth-order valence-corrected chi connectivity index (χ4v) is 3.36. The normalized spacial score (nSPS) is 20.3. The summed E-state index contributed by atoms with van der Waals surface area (Å²) in [7, 11) is 0. The Morgan fingerprint density at radius 3 is 3.09 bits per heavy atom. The number of hydrogen-bond acceptors (Lipinski definition) is 4. The molecule has 0 amide bonds. The van der Waals surface area contributed by atoms with E-state index in [-0.39, 0.29) is 6.79 Å². The van der Waals surface area contributed by atoms with E-state index in [0.717, 1.165) is 42.6 Å². The maximum Gasteiger partial charge on any atom is 0.231 e. The van der Waals surface area contributed by atoms with Gasteiger partial charge in [-0.1, -0.05) is 6.92 Å². The minimum Gasteiger partial charge on any atom is -0.454 e. The van der Waals surface area contributed by atoms with Crippen LogP contribution in [0, 0.1) is 5.92 Å². The molecular formula is C17H25N3O2S. The quantitative estimate of drug-likeness (QED) is 0.637. The van der Waals surface area contributed by atoms with Crippen LogP contribution in [0.15, 0.2) is 18.2 Å². The molecule has 2 aliphatic heterocycles. The zero-order valence-electron chi connectivity index (χ0n) is 13.6. The van der Waals surface area contributed by atoms with Crippen molar-refractivity contribution >= 4 is 23.0 Å². The summed E-state index contributed by atoms with van der Waals surface area (Å²) in [6.45, 7) is 7.14. The molecule has 0 spiro atoms. The molecule has 23 heavy (non-hydrogen) atoms. The van der Waals surface area contributed by atoms with Gasteiger partial charge in [-0.3, -0.25) is 0 Å². The first-order chi connectivity index (χ1) is 11.2. The summed E-state index contributed by atoms with van der Waals surface area (Å²) < 4.78 is 10.7. The highest BCUT2D eigenvalue weighted by Crippen LogP contribution is 2.34. The van der Waals surface area contributed by atoms with Crippen LogP contribution in [0.25, 0.3) is 0 Å². The van der Waals surface area contributed by atoms with E-state index < -0.39 is 0 Å². The van der Waals surface area contributed by atoms with Crippen LogP contribution in [0.1, 0.15) is 26.2 Å². The SMILES string of the molecule is C[C@@H]1CCCN(CCCNC(=S)Nc2ccc3c(c2)OCO3)C1. The topological polar surface area (TPSA) is 45.8 Å². The van der Waals surface area contributed by atoms with Crippen molar-refractivity contribution in [3.63, 3.8) is 0 Å². The summed E-state index contributed by atoms with van der Waals surface area (Å²) in [4.78, 5) is 2.56. The van der Waals surface area contributed by atoms with Gasteiger partial charge < -0.3 is 25.0 Å². The number of fused-ring (bicyclic) bond motifs is 1. The molecule has 0 aliphatic carbocycles. The van der Waals surface area contributed by atoms with Crippen molar-refractivity contribution < 1.29 is 9.47 Å². The Kier molecular flexibility index (Phi) is 5.56. The number of likely N-dealkylation sites (tertiary alicyclic amines) is 1. The number of rotatable bonds is 5. The summed E-state index contributed by atoms with van der Waals surface area (Å²) >= 11 is 5.34. The number of anilines is 1. The molecule has 0 radical (unpaired) electrons. The summed E-state index contributed by atoms with van der Waals surface area (Å²) in [5.74, 6) is 2.38. The van der Waals surface area contributed by atoms with E-state index in [1.165, 1.54) is 25.9 Å². The van der Waals surface area contributed by atoms with Gasteiger partial charge in [-0.05, 0) is 62.6 Å². The van der Waals surface area contributed by atoms with Crippen molar-refractivity contribution in [2.24, 2.45) is 5.92 Å². The molecule has 0 aromatic heterocycles. The number of thiocarbonyl (C=S) groups is 1. The Hall–Kier alpha value is -1.53. The zero-order valence-corrected chi connectivity index (χ0v) is 14.5. The Morgan fingerprint density at radius 2 is 2.22 bits per heavy atom. The van der Waals surface area contributed by atoms with Gasteiger partial charge in [-0.25, -0.2) is 0 Å². The van der Waals surface area contributed by atoms with Crippen molar-refractivity contribution in [2.45, 2.75) is 26.2 Å². The van der Waals surface area contributed by atoms with E-state index in [0.29, 0.717) is 5.11 Å². The number of nitrogens with zero attached hydrogens (tertiary/aromatic N) is 1. The van der Waals surface area contributed by atoms with E-state index >= 15 is 0 Å². The molecule has 1 aromatic rings. The van der Waals surface area contributed by atoms with Crippen LogP contribution in [0.5, 0.6) is 11.5 Å². The molecule has 1 atom stereocenters. The van der Waals surface area contributed by atoms with Crippen LogP contribution in [-0.4, -0.2) is 43.0 Å². The van der Waals surface area contributed by atoms with Gasteiger partial charge >= 0.3 is 0 Å². The maximum absolute atomic E-state index is 5.36. The minimum absolute atomic E-state index is 0.288. The lowest BCUT2D eigenvalue weighted by atomic mass is 10.0. The smallest absolute Gasteiger partial charge is 0.231 e. The number of ether oxygens (including phenoxy) is 2. The monoisotopic (exact) mass is 335 g/mol. The molecule has 2 N–H and O–H groups in total. The maximum atomic E-state index is 5.36. The predicted octanol–water partition coefficient (Wildman–Crippen LogP) is 2.82. The first kappa shape index (κ1) is 16.3. The predicted molar refractivity (Wildman–Crippen MR) is 96.2 cm³/mol. The molecule has 1 aromatic carbocycles. The summed E-state index contributed by atoms with van der Waals surface area (Å²) in [6.07, 6.45) is 3.81. The van der Waals surface area contributed by atoms with E-state index in [9.17, 15) is 0 Å². The summed E-state index contributed by atoms with van der Waals surface area (Å²) in [5.41, 5.74) is 0.914. The van der Waals surface area contributed by atoms with Crippen LogP contribution in [0.3, 0.4) is 0 Å². The molecule has 2 heterocycles. The van der Waals surface area contributed by atoms with Gasteiger partial charge in [-0.15, -0.1) is 0 Å². The highest BCUT2D eigenvalue weighted by molar-refractivity contribution is 7.80. The molecular weight excluding hydrogens is 310 g/mol. The second-order valence-electron chi connectivity index (χ2n) is 6.35. The van der Waals surface area contributed by atoms with Gasteiger partial charge in [0, 0.05) is 24.8 Å². The van der Waals surface area contributed by atoms with Crippen molar-refractivity contribution in [2.75, 3.05) is 38.3 Å². The average molecular weight is 335 g/mol. The van der Waals surface area contributed by atoms with Crippen LogP contribution < -0.4 is 20.1 Å². The van der Waals surface area contributed by atoms with Gasteiger partial charge in [0.05, 0.1) is 0 Å². The van der Waals surface area contributed by atoms with Gasteiger partial charge in [0.2, 0.25) is 6.79 Å². The van der Waals surface area contributed by atoms with Crippen LogP contribution >= 0.6 is 12.2 Å². The highest BCUT2D eigenvalue weighted by atomic mass is 32.1. The fraction of sp³-hybridized carbons (Fsp3) is 0.588. The molecule has 1 fully saturated rings. The third-order valence-electron chi connectivity index (χ3n) is 4.31. The standard InChI is InChI=1S/C17H25N3O2S/c1-13-4-2-8-20(11-13)9-3-7-18-17(23)19-14-5-6-15-16(10-14)22-12-21-15/h5-6,10,13H,2-4,7-9,11-12H2,1H3,(H2,18,19,23)/t13-/m1/s1. The van der Waals surface area contributed by atoms with Crippen LogP contribution in [-0.2, 0) is 0 Å². The lowest BCUT2D eigenvalue weighted by Gasteiger charge is -2.30. The Morgan fingerprint density at radius 1 is 1.35 bits per heavy atom. The molecule has 0 unspecified atom stereocenters. The fourth-order valence-electron chi connectivity index (χ4n) is 3.14. The molecule has 3 rings (SSSR count). The molecule has 1 saturated heterocycles. The van der Waals surface area contributed by atoms with Gasteiger partial charge in [0.15, 0.2) is 16.6 Å². The van der Waals surface area contributed by atoms with Crippen molar-refractivity contribution in [1.29, 1.82) is 0 Å². The lowest BCUT2D eigenvalue weighted by molar-refractivity contribution is 0.174. The van der Waals surface area contributed by atoms with E-state index in [4.69, 9.17) is 21.7 Å². The minimum atomic E-state index is 0.288. The second-order valence-corrected chi connectivity index (χ2v) is 6.76. The van der Waals surface area contributed by atoms with Gasteiger partial charge in [0.25, 0.3) is 0 Å². The highest BCUT2D eigenvalue weighted by Gasteiger charge is 2.15. The second kappa shape index (κ2) is 7.84. The van der Waals surface area contributed by atoms with Crippen LogP contribution in [0.2, 0.25) is 0 Å². The van der Waals surface area contributed by atoms with E-state index in [1.54, 1.807) is 0 Å². The zero-order chi connectivity index (χ0) is 16.1. The first-order valence-electron chi connectivity index (χ1n) is 8.37. The van der Waals surface area contributed by atoms with Crippen LogP contribution in [0.4, 0.5) is 5.69 Å². The van der Waals surface area contributed by atoms with Crippen molar-refractivity contribution in [3.05, 3.63) is 18.2 Å². The van der Waals surface area contributed by atoms with Crippen molar-refractivity contribution in [3.8, 4) is 11.5 Å². The average Bonchev–Trinajstić information content (AvgIpc) is 2.99. The Labute approximate surface area is 143 Å². The summed E-state index contributed by atoms with van der Waals surface area (Å²) in [6, 6.07) is 5.74. The number of nitrogens with one attached hydrogen (secondary N) is 2. The third-order valence-corrected chi connectivity index (χ3v) is 4.55. The Balaban J connectivity index is 1.35. The lowest BCUT2D eigenvalue weighted by Crippen LogP contribution is -2.37. The molecule has 126 valence electrons.